The second-order valence-corrected chi connectivity index (χ2v) is 5.24. The van der Waals surface area contributed by atoms with Crippen LogP contribution in [0.4, 0.5) is 5.82 Å². The number of halogens is 2. The van der Waals surface area contributed by atoms with Crippen molar-refractivity contribution in [1.29, 1.82) is 0 Å². The summed E-state index contributed by atoms with van der Waals surface area (Å²) in [6, 6.07) is 1.75. The Balaban J connectivity index is 2.78. The average Bonchev–Trinajstić information content (AvgIpc) is 2.25. The molecule has 16 heavy (non-hydrogen) atoms. The van der Waals surface area contributed by atoms with E-state index in [9.17, 15) is 0 Å². The fourth-order valence-corrected chi connectivity index (χ4v) is 2.72. The smallest absolute Gasteiger partial charge is 0.146 e. The molecule has 0 unspecified atom stereocenters. The van der Waals surface area contributed by atoms with Gasteiger partial charge in [0.1, 0.15) is 10.8 Å². The lowest BCUT2D eigenvalue weighted by atomic mass is 10.4. The van der Waals surface area contributed by atoms with Crippen molar-refractivity contribution in [2.45, 2.75) is 31.7 Å². The van der Waals surface area contributed by atoms with Gasteiger partial charge in [0, 0.05) is 6.54 Å². The van der Waals surface area contributed by atoms with E-state index in [1.54, 1.807) is 17.8 Å². The van der Waals surface area contributed by atoms with Crippen molar-refractivity contribution >= 4 is 40.8 Å². The zero-order chi connectivity index (χ0) is 12.0. The molecule has 0 saturated heterocycles. The molecule has 1 heterocycles. The molecule has 0 radical (unpaired) electrons. The number of rotatable bonds is 6. The number of nitrogens with one attached hydrogen (secondary N) is 1. The zero-order valence-corrected chi connectivity index (χ0v) is 11.8. The summed E-state index contributed by atoms with van der Waals surface area (Å²) in [4.78, 5) is 4.42. The van der Waals surface area contributed by atoms with Gasteiger partial charge < -0.3 is 5.32 Å². The van der Waals surface area contributed by atoms with Crippen LogP contribution in [-0.2, 0) is 0 Å². The molecule has 0 bridgehead atoms. The van der Waals surface area contributed by atoms with Crippen LogP contribution in [0.1, 0.15) is 26.7 Å². The summed E-state index contributed by atoms with van der Waals surface area (Å²) in [6.07, 6.45) is 2.35. The number of unbranched alkanes of at least 4 members (excludes halogenated alkanes) is 1. The molecule has 0 aliphatic carbocycles. The van der Waals surface area contributed by atoms with Gasteiger partial charge >= 0.3 is 0 Å². The Morgan fingerprint density at radius 3 is 2.69 bits per heavy atom. The monoisotopic (exact) mass is 278 g/mol. The maximum atomic E-state index is 6.09. The van der Waals surface area contributed by atoms with E-state index in [4.69, 9.17) is 23.2 Å². The molecule has 0 saturated carbocycles. The van der Waals surface area contributed by atoms with Gasteiger partial charge in [-0.1, -0.05) is 36.5 Å². The molecule has 1 aromatic heterocycles. The lowest BCUT2D eigenvalue weighted by Gasteiger charge is -2.09. The molecule has 1 aromatic rings. The largest absolute Gasteiger partial charge is 0.369 e. The van der Waals surface area contributed by atoms with E-state index in [-0.39, 0.29) is 0 Å². The van der Waals surface area contributed by atoms with Crippen molar-refractivity contribution in [1.82, 2.24) is 4.98 Å². The number of thioether (sulfide) groups is 1. The van der Waals surface area contributed by atoms with Crippen molar-refractivity contribution in [2.75, 3.05) is 17.6 Å². The van der Waals surface area contributed by atoms with E-state index >= 15 is 0 Å². The topological polar surface area (TPSA) is 24.9 Å². The van der Waals surface area contributed by atoms with E-state index in [0.29, 0.717) is 15.9 Å². The fourth-order valence-electron chi connectivity index (χ4n) is 1.16. The molecule has 0 amide bonds. The molecule has 2 nitrogen and oxygen atoms in total. The maximum Gasteiger partial charge on any atom is 0.146 e. The minimum absolute atomic E-state index is 0.576. The predicted molar refractivity (Wildman–Crippen MR) is 74.1 cm³/mol. The summed E-state index contributed by atoms with van der Waals surface area (Å²) >= 11 is 13.8. The van der Waals surface area contributed by atoms with Crippen LogP contribution in [-0.4, -0.2) is 17.3 Å². The van der Waals surface area contributed by atoms with Crippen LogP contribution < -0.4 is 5.32 Å². The summed E-state index contributed by atoms with van der Waals surface area (Å²) in [5.41, 5.74) is 0. The average molecular weight is 279 g/mol. The molecule has 5 heteroatoms. The lowest BCUT2D eigenvalue weighted by Crippen LogP contribution is -2.01. The molecule has 1 N–H and O–H groups in total. The van der Waals surface area contributed by atoms with Gasteiger partial charge in [-0.3, -0.25) is 0 Å². The van der Waals surface area contributed by atoms with Gasteiger partial charge in [0.2, 0.25) is 0 Å². The highest BCUT2D eigenvalue weighted by molar-refractivity contribution is 7.99. The molecule has 0 fully saturated rings. The fraction of sp³-hybridized carbons (Fsp3) is 0.545. The number of nitrogens with zero attached hydrogens (tertiary/aromatic N) is 1. The normalized spacial score (nSPS) is 10.5. The van der Waals surface area contributed by atoms with E-state index in [1.807, 2.05) is 6.92 Å². The van der Waals surface area contributed by atoms with Crippen molar-refractivity contribution in [3.05, 3.63) is 16.1 Å². The van der Waals surface area contributed by atoms with Crippen molar-refractivity contribution in [3.8, 4) is 0 Å². The minimum Gasteiger partial charge on any atom is -0.369 e. The van der Waals surface area contributed by atoms with Gasteiger partial charge in [0.25, 0.3) is 0 Å². The van der Waals surface area contributed by atoms with E-state index < -0.39 is 0 Å². The Kier molecular flexibility index (Phi) is 6.32. The molecule has 90 valence electrons. The molecular weight excluding hydrogens is 263 g/mol. The van der Waals surface area contributed by atoms with Crippen LogP contribution in [0.15, 0.2) is 11.1 Å². The molecule has 0 aliphatic rings. The van der Waals surface area contributed by atoms with Gasteiger partial charge in [0.15, 0.2) is 0 Å². The summed E-state index contributed by atoms with van der Waals surface area (Å²) in [5.74, 6) is 1.75. The third-order valence-electron chi connectivity index (χ3n) is 1.98. The van der Waals surface area contributed by atoms with Gasteiger partial charge in [-0.05, 0) is 25.2 Å². The highest BCUT2D eigenvalue weighted by Gasteiger charge is 2.08. The van der Waals surface area contributed by atoms with Crippen LogP contribution in [0.25, 0.3) is 0 Å². The lowest BCUT2D eigenvalue weighted by molar-refractivity contribution is 0.894. The third-order valence-corrected chi connectivity index (χ3v) is 3.74. The van der Waals surface area contributed by atoms with Crippen LogP contribution in [0, 0.1) is 0 Å². The molecule has 1 rings (SSSR count). The van der Waals surface area contributed by atoms with Crippen molar-refractivity contribution in [2.24, 2.45) is 0 Å². The Labute approximate surface area is 111 Å². The quantitative estimate of drug-likeness (QED) is 0.603. The highest BCUT2D eigenvalue weighted by Crippen LogP contribution is 2.32. The molecule has 0 aromatic carbocycles. The summed E-state index contributed by atoms with van der Waals surface area (Å²) in [5, 5.41) is 5.18. The van der Waals surface area contributed by atoms with E-state index in [2.05, 4.69) is 17.2 Å². The van der Waals surface area contributed by atoms with Gasteiger partial charge in [-0.2, -0.15) is 0 Å². The van der Waals surface area contributed by atoms with E-state index in [1.165, 1.54) is 12.8 Å². The Hall–Kier alpha value is -0.120. The van der Waals surface area contributed by atoms with E-state index in [0.717, 1.165) is 17.3 Å². The minimum atomic E-state index is 0.576. The van der Waals surface area contributed by atoms with Crippen molar-refractivity contribution in [3.63, 3.8) is 0 Å². The number of pyridine rings is 1. The van der Waals surface area contributed by atoms with Crippen LogP contribution in [0.2, 0.25) is 10.0 Å². The zero-order valence-electron chi connectivity index (χ0n) is 9.52. The molecule has 0 spiro atoms. The second-order valence-electron chi connectivity index (χ2n) is 3.34. The maximum absolute atomic E-state index is 6.09. The first-order valence-electron chi connectivity index (χ1n) is 5.41. The standard InChI is InChI=1S/C11H16Cl2N2S/c1-3-5-6-16-11-9(13)7-8(12)10(15-11)14-4-2/h7H,3-6H2,1-2H3,(H,14,15). The summed E-state index contributed by atoms with van der Waals surface area (Å²) in [6.45, 7) is 4.98. The Bertz CT molecular complexity index is 345. The van der Waals surface area contributed by atoms with Crippen LogP contribution in [0.5, 0.6) is 0 Å². The first-order chi connectivity index (χ1) is 7.69. The van der Waals surface area contributed by atoms with Gasteiger partial charge in [-0.15, -0.1) is 11.8 Å². The SMILES string of the molecule is CCCCSc1nc(NCC)c(Cl)cc1Cl. The molecule has 0 aliphatic heterocycles. The number of aromatic nitrogens is 1. The molecular formula is C11H16Cl2N2S. The van der Waals surface area contributed by atoms with Crippen LogP contribution >= 0.6 is 35.0 Å². The Morgan fingerprint density at radius 2 is 2.06 bits per heavy atom. The second kappa shape index (κ2) is 7.25. The van der Waals surface area contributed by atoms with Gasteiger partial charge in [-0.25, -0.2) is 4.98 Å². The van der Waals surface area contributed by atoms with Crippen LogP contribution in [0.3, 0.4) is 0 Å². The summed E-state index contributed by atoms with van der Waals surface area (Å²) < 4.78 is 0. The number of hydrogen-bond acceptors (Lipinski definition) is 3. The number of hydrogen-bond donors (Lipinski definition) is 1. The van der Waals surface area contributed by atoms with Crippen molar-refractivity contribution < 1.29 is 0 Å². The highest BCUT2D eigenvalue weighted by atomic mass is 35.5. The third kappa shape index (κ3) is 4.04. The van der Waals surface area contributed by atoms with Gasteiger partial charge in [0.05, 0.1) is 10.0 Å². The number of anilines is 1. The predicted octanol–water partition coefficient (Wildman–Crippen LogP) is 4.71. The Morgan fingerprint density at radius 1 is 1.31 bits per heavy atom. The first kappa shape index (κ1) is 13.9. The first-order valence-corrected chi connectivity index (χ1v) is 7.15. The molecule has 0 atom stereocenters. The summed E-state index contributed by atoms with van der Waals surface area (Å²) in [7, 11) is 0.